The molecule has 1 saturated heterocycles. The van der Waals surface area contributed by atoms with E-state index in [0.717, 1.165) is 25.7 Å². The van der Waals surface area contributed by atoms with Crippen LogP contribution in [0.2, 0.25) is 0 Å². The van der Waals surface area contributed by atoms with Gasteiger partial charge in [-0.3, -0.25) is 0 Å². The number of rotatable bonds is 0. The van der Waals surface area contributed by atoms with E-state index in [-0.39, 0.29) is 5.57 Å². The number of ether oxygens (including phenoxy) is 2. The van der Waals surface area contributed by atoms with Gasteiger partial charge in [-0.15, -0.1) is 0 Å². The summed E-state index contributed by atoms with van der Waals surface area (Å²) in [6.45, 7) is 3.37. The van der Waals surface area contributed by atoms with Gasteiger partial charge in [-0.1, -0.05) is 32.3 Å². The van der Waals surface area contributed by atoms with Gasteiger partial charge >= 0.3 is 11.9 Å². The lowest BCUT2D eigenvalue weighted by Gasteiger charge is -2.36. The molecule has 0 aromatic carbocycles. The van der Waals surface area contributed by atoms with Crippen LogP contribution in [0.1, 0.15) is 51.4 Å². The van der Waals surface area contributed by atoms with E-state index in [2.05, 4.69) is 6.58 Å². The summed E-state index contributed by atoms with van der Waals surface area (Å²) < 4.78 is 10.6. The lowest BCUT2D eigenvalue weighted by atomic mass is 10.0. The van der Waals surface area contributed by atoms with Crippen molar-refractivity contribution in [1.29, 1.82) is 0 Å². The second kappa shape index (κ2) is 4.90. The number of carbonyl (C=O) groups is 2. The van der Waals surface area contributed by atoms with Crippen molar-refractivity contribution in [3.8, 4) is 0 Å². The zero-order valence-electron chi connectivity index (χ0n) is 10.00. The molecule has 0 atom stereocenters. The van der Waals surface area contributed by atoms with E-state index in [1.807, 2.05) is 0 Å². The van der Waals surface area contributed by atoms with Crippen molar-refractivity contribution < 1.29 is 19.1 Å². The molecule has 17 heavy (non-hydrogen) atoms. The summed E-state index contributed by atoms with van der Waals surface area (Å²) >= 11 is 0. The molecule has 1 heterocycles. The van der Waals surface area contributed by atoms with E-state index in [0.29, 0.717) is 12.8 Å². The third-order valence-corrected chi connectivity index (χ3v) is 3.42. The molecule has 0 amide bonds. The van der Waals surface area contributed by atoms with E-state index in [1.54, 1.807) is 0 Å². The average molecular weight is 238 g/mol. The molecule has 4 nitrogen and oxygen atoms in total. The van der Waals surface area contributed by atoms with Gasteiger partial charge in [0.1, 0.15) is 5.57 Å². The molecule has 0 N–H and O–H groups in total. The maximum absolute atomic E-state index is 11.5. The summed E-state index contributed by atoms with van der Waals surface area (Å²) in [4.78, 5) is 23.1. The Morgan fingerprint density at radius 1 is 0.824 bits per heavy atom. The molecule has 1 saturated carbocycles. The number of hydrogen-bond donors (Lipinski definition) is 0. The lowest BCUT2D eigenvalue weighted by molar-refractivity contribution is -0.240. The number of carbonyl (C=O) groups excluding carboxylic acids is 2. The van der Waals surface area contributed by atoms with E-state index in [4.69, 9.17) is 9.47 Å². The van der Waals surface area contributed by atoms with Gasteiger partial charge in [-0.2, -0.15) is 0 Å². The summed E-state index contributed by atoms with van der Waals surface area (Å²) in [6.07, 6.45) is 7.65. The largest absolute Gasteiger partial charge is 0.419 e. The van der Waals surface area contributed by atoms with E-state index < -0.39 is 17.7 Å². The first kappa shape index (κ1) is 12.1. The first-order chi connectivity index (χ1) is 8.13. The fourth-order valence-electron chi connectivity index (χ4n) is 2.39. The highest BCUT2D eigenvalue weighted by atomic mass is 16.7. The van der Waals surface area contributed by atoms with Gasteiger partial charge in [0, 0.05) is 12.8 Å². The summed E-state index contributed by atoms with van der Waals surface area (Å²) in [5, 5.41) is 0. The van der Waals surface area contributed by atoms with Gasteiger partial charge in [0.15, 0.2) is 0 Å². The molecule has 2 aliphatic rings. The molecular weight excluding hydrogens is 220 g/mol. The molecular formula is C13H18O4. The molecule has 1 aliphatic heterocycles. The average Bonchev–Trinajstić information content (AvgIpc) is 2.39. The Bertz CT molecular complexity index is 313. The summed E-state index contributed by atoms with van der Waals surface area (Å²) in [5.74, 6) is -2.26. The van der Waals surface area contributed by atoms with Crippen molar-refractivity contribution in [2.45, 2.75) is 57.2 Å². The van der Waals surface area contributed by atoms with Crippen LogP contribution in [0.15, 0.2) is 12.2 Å². The highest BCUT2D eigenvalue weighted by Crippen LogP contribution is 2.34. The molecule has 0 bridgehead atoms. The van der Waals surface area contributed by atoms with Crippen LogP contribution >= 0.6 is 0 Å². The first-order valence-electron chi connectivity index (χ1n) is 6.29. The SMILES string of the molecule is C=C1C(=O)OC2(CCCCCCCC2)OC1=O. The maximum atomic E-state index is 11.5. The van der Waals surface area contributed by atoms with Crippen molar-refractivity contribution in [2.75, 3.05) is 0 Å². The standard InChI is InChI=1S/C13H18O4/c1-10-11(14)16-13(17-12(10)15)8-6-4-2-3-5-7-9-13/h1-9H2. The minimum atomic E-state index is -1.01. The van der Waals surface area contributed by atoms with E-state index in [1.165, 1.54) is 12.8 Å². The van der Waals surface area contributed by atoms with Gasteiger partial charge in [0.2, 0.25) is 0 Å². The second-order valence-corrected chi connectivity index (χ2v) is 4.79. The quantitative estimate of drug-likeness (QED) is 0.369. The van der Waals surface area contributed by atoms with Gasteiger partial charge in [-0.05, 0) is 12.8 Å². The maximum Gasteiger partial charge on any atom is 0.348 e. The third kappa shape index (κ3) is 2.68. The van der Waals surface area contributed by atoms with Crippen LogP contribution in [0.25, 0.3) is 0 Å². The zero-order valence-corrected chi connectivity index (χ0v) is 10.00. The van der Waals surface area contributed by atoms with Crippen molar-refractivity contribution in [1.82, 2.24) is 0 Å². The lowest BCUT2D eigenvalue weighted by Crippen LogP contribution is -2.46. The normalized spacial score (nSPS) is 25.5. The van der Waals surface area contributed by atoms with Crippen LogP contribution in [-0.4, -0.2) is 17.7 Å². The number of hydrogen-bond acceptors (Lipinski definition) is 4. The predicted molar refractivity (Wildman–Crippen MR) is 61.0 cm³/mol. The van der Waals surface area contributed by atoms with Crippen LogP contribution in [-0.2, 0) is 19.1 Å². The Morgan fingerprint density at radius 3 is 1.71 bits per heavy atom. The zero-order chi connectivity index (χ0) is 12.3. The summed E-state index contributed by atoms with van der Waals surface area (Å²) in [6, 6.07) is 0. The van der Waals surface area contributed by atoms with Gasteiger partial charge in [-0.25, -0.2) is 9.59 Å². The minimum absolute atomic E-state index is 0.199. The van der Waals surface area contributed by atoms with Crippen LogP contribution in [0, 0.1) is 0 Å². The van der Waals surface area contributed by atoms with Crippen LogP contribution in [0.3, 0.4) is 0 Å². The Balaban J connectivity index is 2.11. The Hall–Kier alpha value is -1.32. The first-order valence-corrected chi connectivity index (χ1v) is 6.29. The second-order valence-electron chi connectivity index (χ2n) is 4.79. The van der Waals surface area contributed by atoms with Crippen LogP contribution in [0.5, 0.6) is 0 Å². The fraction of sp³-hybridized carbons (Fsp3) is 0.692. The minimum Gasteiger partial charge on any atom is -0.419 e. The molecule has 1 aliphatic carbocycles. The molecule has 0 unspecified atom stereocenters. The monoisotopic (exact) mass is 238 g/mol. The summed E-state index contributed by atoms with van der Waals surface area (Å²) in [5.41, 5.74) is -0.199. The Labute approximate surface area is 101 Å². The predicted octanol–water partition coefficient (Wildman–Crippen LogP) is 2.47. The van der Waals surface area contributed by atoms with Crippen molar-refractivity contribution in [3.05, 3.63) is 12.2 Å². The topological polar surface area (TPSA) is 52.6 Å². The van der Waals surface area contributed by atoms with Crippen LogP contribution < -0.4 is 0 Å². The van der Waals surface area contributed by atoms with Crippen molar-refractivity contribution in [3.63, 3.8) is 0 Å². The molecule has 0 aromatic rings. The van der Waals surface area contributed by atoms with E-state index in [9.17, 15) is 9.59 Å². The fourth-order valence-corrected chi connectivity index (χ4v) is 2.39. The van der Waals surface area contributed by atoms with Gasteiger partial charge in [0.05, 0.1) is 0 Å². The molecule has 0 radical (unpaired) electrons. The molecule has 2 fully saturated rings. The summed E-state index contributed by atoms with van der Waals surface area (Å²) in [7, 11) is 0. The molecule has 2 rings (SSSR count). The van der Waals surface area contributed by atoms with Crippen LogP contribution in [0.4, 0.5) is 0 Å². The van der Waals surface area contributed by atoms with Crippen molar-refractivity contribution in [2.24, 2.45) is 0 Å². The van der Waals surface area contributed by atoms with Gasteiger partial charge < -0.3 is 9.47 Å². The molecule has 0 aromatic heterocycles. The number of esters is 2. The molecule has 1 spiro atoms. The van der Waals surface area contributed by atoms with Crippen molar-refractivity contribution >= 4 is 11.9 Å². The Kier molecular flexibility index (Phi) is 3.50. The molecule has 94 valence electrons. The Morgan fingerprint density at radius 2 is 1.24 bits per heavy atom. The van der Waals surface area contributed by atoms with E-state index >= 15 is 0 Å². The smallest absolute Gasteiger partial charge is 0.348 e. The van der Waals surface area contributed by atoms with Gasteiger partial charge in [0.25, 0.3) is 5.79 Å². The highest BCUT2D eigenvalue weighted by molar-refractivity contribution is 6.14. The third-order valence-electron chi connectivity index (χ3n) is 3.42. The molecule has 4 heteroatoms. The highest BCUT2D eigenvalue weighted by Gasteiger charge is 2.44.